The van der Waals surface area contributed by atoms with Crippen LogP contribution in [-0.4, -0.2) is 16.8 Å². The van der Waals surface area contributed by atoms with Gasteiger partial charge < -0.3 is 9.88 Å². The van der Waals surface area contributed by atoms with Gasteiger partial charge in [-0.25, -0.2) is 0 Å². The summed E-state index contributed by atoms with van der Waals surface area (Å²) in [5.74, 6) is -1.19. The zero-order valence-electron chi connectivity index (χ0n) is 11.2. The smallest absolute Gasteiger partial charge is 0.354 e. The first-order valence-corrected chi connectivity index (χ1v) is 6.95. The van der Waals surface area contributed by atoms with Gasteiger partial charge in [0.25, 0.3) is 0 Å². The molecule has 1 aromatic heterocycles. The molecule has 1 aromatic rings. The second-order valence-electron chi connectivity index (χ2n) is 5.27. The van der Waals surface area contributed by atoms with Crippen LogP contribution in [0.1, 0.15) is 38.2 Å². The lowest BCUT2D eigenvalue weighted by Crippen LogP contribution is -2.45. The summed E-state index contributed by atoms with van der Waals surface area (Å²) in [7, 11) is 0. The van der Waals surface area contributed by atoms with Crippen LogP contribution >= 0.6 is 0 Å². The van der Waals surface area contributed by atoms with Crippen LogP contribution in [0, 0.1) is 5.92 Å². The van der Waals surface area contributed by atoms with Crippen LogP contribution in [0.15, 0.2) is 18.5 Å². The number of aromatic nitrogens is 1. The summed E-state index contributed by atoms with van der Waals surface area (Å²) >= 11 is 0. The monoisotopic (exact) mass is 274 g/mol. The molecule has 19 heavy (non-hydrogen) atoms. The van der Waals surface area contributed by atoms with Gasteiger partial charge in [0.2, 0.25) is 0 Å². The predicted molar refractivity (Wildman–Crippen MR) is 68.7 cm³/mol. The molecule has 108 valence electrons. The Bertz CT molecular complexity index is 398. The number of hydrogen-bond donors (Lipinski definition) is 1. The summed E-state index contributed by atoms with van der Waals surface area (Å²) in [4.78, 5) is 0. The largest absolute Gasteiger partial charge is 0.393 e. The summed E-state index contributed by atoms with van der Waals surface area (Å²) in [6.07, 6.45) is 2.33. The Morgan fingerprint density at radius 2 is 2.05 bits per heavy atom. The van der Waals surface area contributed by atoms with E-state index in [0.29, 0.717) is 19.4 Å². The molecule has 0 radical (unpaired) electrons. The van der Waals surface area contributed by atoms with E-state index in [4.69, 9.17) is 0 Å². The van der Waals surface area contributed by atoms with Gasteiger partial charge in [0.1, 0.15) is 0 Å². The Labute approximate surface area is 112 Å². The molecule has 5 heteroatoms. The second kappa shape index (κ2) is 5.99. The third-order valence-corrected chi connectivity index (χ3v) is 3.93. The maximum atomic E-state index is 12.9. The Morgan fingerprint density at radius 1 is 1.32 bits per heavy atom. The molecule has 2 nitrogen and oxygen atoms in total. The lowest BCUT2D eigenvalue weighted by molar-refractivity contribution is -0.189. The molecule has 0 saturated heterocycles. The van der Waals surface area contributed by atoms with Crippen LogP contribution in [-0.2, 0) is 13.1 Å². The third-order valence-electron chi connectivity index (χ3n) is 3.93. The van der Waals surface area contributed by atoms with Gasteiger partial charge in [0.15, 0.2) is 0 Å². The summed E-state index contributed by atoms with van der Waals surface area (Å²) in [6.45, 7) is 3.44. The van der Waals surface area contributed by atoms with E-state index >= 15 is 0 Å². The second-order valence-corrected chi connectivity index (χ2v) is 5.27. The van der Waals surface area contributed by atoms with Gasteiger partial charge in [-0.3, -0.25) is 0 Å². The Kier molecular flexibility index (Phi) is 4.55. The molecule has 1 aliphatic rings. The molecule has 2 rings (SSSR count). The van der Waals surface area contributed by atoms with Crippen molar-refractivity contribution in [1.29, 1.82) is 0 Å². The van der Waals surface area contributed by atoms with Crippen LogP contribution in [0.25, 0.3) is 0 Å². The summed E-state index contributed by atoms with van der Waals surface area (Å²) < 4.78 is 40.8. The van der Waals surface area contributed by atoms with E-state index in [2.05, 4.69) is 5.32 Å². The molecule has 0 aromatic carbocycles. The fraction of sp³-hybridized carbons (Fsp3) is 0.714. The van der Waals surface area contributed by atoms with Gasteiger partial charge in [-0.15, -0.1) is 0 Å². The van der Waals surface area contributed by atoms with E-state index in [0.717, 1.165) is 18.5 Å². The van der Waals surface area contributed by atoms with E-state index in [9.17, 15) is 13.2 Å². The number of nitrogens with one attached hydrogen (secondary N) is 1. The average molecular weight is 274 g/mol. The fourth-order valence-corrected chi connectivity index (χ4v) is 2.81. The van der Waals surface area contributed by atoms with Gasteiger partial charge in [-0.1, -0.05) is 12.8 Å². The van der Waals surface area contributed by atoms with Gasteiger partial charge >= 0.3 is 6.18 Å². The molecular weight excluding hydrogens is 253 g/mol. The first-order valence-electron chi connectivity index (χ1n) is 6.95. The van der Waals surface area contributed by atoms with Crippen LogP contribution in [0.4, 0.5) is 13.2 Å². The van der Waals surface area contributed by atoms with E-state index < -0.39 is 18.1 Å². The number of rotatable bonds is 4. The highest BCUT2D eigenvalue weighted by atomic mass is 19.4. The Morgan fingerprint density at radius 3 is 2.68 bits per heavy atom. The number of aryl methyl sites for hydroxylation is 1. The highest BCUT2D eigenvalue weighted by Crippen LogP contribution is 2.37. The molecular formula is C14H21F3N2. The van der Waals surface area contributed by atoms with Crippen LogP contribution < -0.4 is 5.32 Å². The Hall–Kier alpha value is -0.970. The minimum atomic E-state index is -4.08. The summed E-state index contributed by atoms with van der Waals surface area (Å²) in [5, 5.41) is 3.10. The first kappa shape index (κ1) is 14.4. The topological polar surface area (TPSA) is 17.0 Å². The van der Waals surface area contributed by atoms with E-state index in [1.54, 1.807) is 0 Å². The molecule has 0 spiro atoms. The standard InChI is InChI=1S/C14H21F3N2/c1-2-19-8-7-11(10-19)9-18-13-6-4-3-5-12(13)14(15,16)17/h7-8,10,12-13,18H,2-6,9H2,1H3. The van der Waals surface area contributed by atoms with Crippen molar-refractivity contribution in [3.05, 3.63) is 24.0 Å². The quantitative estimate of drug-likeness (QED) is 0.885. The molecule has 1 saturated carbocycles. The highest BCUT2D eigenvalue weighted by Gasteiger charge is 2.45. The molecule has 1 aliphatic carbocycles. The highest BCUT2D eigenvalue weighted by molar-refractivity contribution is 5.10. The molecule has 2 unspecified atom stereocenters. The molecule has 1 heterocycles. The van der Waals surface area contributed by atoms with Crippen molar-refractivity contribution in [1.82, 2.24) is 9.88 Å². The SMILES string of the molecule is CCn1ccc(CNC2CCCCC2C(F)(F)F)c1. The van der Waals surface area contributed by atoms with Crippen molar-refractivity contribution < 1.29 is 13.2 Å². The fourth-order valence-electron chi connectivity index (χ4n) is 2.81. The first-order chi connectivity index (χ1) is 9.00. The van der Waals surface area contributed by atoms with E-state index in [-0.39, 0.29) is 6.42 Å². The number of halogens is 3. The zero-order valence-corrected chi connectivity index (χ0v) is 11.2. The normalized spacial score (nSPS) is 24.6. The van der Waals surface area contributed by atoms with Gasteiger partial charge in [0.05, 0.1) is 5.92 Å². The predicted octanol–water partition coefficient (Wildman–Crippen LogP) is 3.72. The molecule has 1 N–H and O–H groups in total. The molecule has 0 aliphatic heterocycles. The summed E-state index contributed by atoms with van der Waals surface area (Å²) in [6, 6.07) is 1.53. The lowest BCUT2D eigenvalue weighted by Gasteiger charge is -2.33. The molecule has 1 fully saturated rings. The molecule has 0 bridgehead atoms. The van der Waals surface area contributed by atoms with E-state index in [1.807, 2.05) is 30.0 Å². The minimum Gasteiger partial charge on any atom is -0.354 e. The van der Waals surface area contributed by atoms with Gasteiger partial charge in [0, 0.05) is 31.5 Å². The lowest BCUT2D eigenvalue weighted by atomic mass is 9.84. The number of hydrogen-bond acceptors (Lipinski definition) is 1. The van der Waals surface area contributed by atoms with Crippen LogP contribution in [0.3, 0.4) is 0 Å². The van der Waals surface area contributed by atoms with Crippen molar-refractivity contribution in [3.63, 3.8) is 0 Å². The Balaban J connectivity index is 1.92. The van der Waals surface area contributed by atoms with Crippen molar-refractivity contribution >= 4 is 0 Å². The van der Waals surface area contributed by atoms with Crippen molar-refractivity contribution in [2.45, 2.75) is 57.9 Å². The zero-order chi connectivity index (χ0) is 13.9. The van der Waals surface area contributed by atoms with Crippen molar-refractivity contribution in [3.8, 4) is 0 Å². The maximum Gasteiger partial charge on any atom is 0.393 e. The average Bonchev–Trinajstić information content (AvgIpc) is 2.83. The van der Waals surface area contributed by atoms with Crippen LogP contribution in [0.2, 0.25) is 0 Å². The minimum absolute atomic E-state index is 0.261. The molecule has 2 atom stereocenters. The summed E-state index contributed by atoms with van der Waals surface area (Å²) in [5.41, 5.74) is 1.05. The molecule has 0 amide bonds. The van der Waals surface area contributed by atoms with Crippen molar-refractivity contribution in [2.24, 2.45) is 5.92 Å². The number of alkyl halides is 3. The van der Waals surface area contributed by atoms with Gasteiger partial charge in [-0.2, -0.15) is 13.2 Å². The van der Waals surface area contributed by atoms with Crippen molar-refractivity contribution in [2.75, 3.05) is 0 Å². The maximum absolute atomic E-state index is 12.9. The van der Waals surface area contributed by atoms with Gasteiger partial charge in [-0.05, 0) is 31.4 Å². The van der Waals surface area contributed by atoms with Crippen LogP contribution in [0.5, 0.6) is 0 Å². The van der Waals surface area contributed by atoms with E-state index in [1.165, 1.54) is 0 Å². The third kappa shape index (κ3) is 3.75. The number of nitrogens with zero attached hydrogens (tertiary/aromatic N) is 1.